The molecule has 29 heavy (non-hydrogen) atoms. The van der Waals surface area contributed by atoms with E-state index in [0.29, 0.717) is 36.6 Å². The third-order valence-corrected chi connectivity index (χ3v) is 6.67. The standard InChI is InChI=1S/C21H28ClN3O4/c1-15-3-2-4-17(22)18(15)23-20(27)25-7-5-21(6-8-25)13-16(29-19(21)26)14-24-9-11-28-12-10-24/h2-4,16H,5-14H2,1H3,(H,23,27). The van der Waals surface area contributed by atoms with E-state index in [-0.39, 0.29) is 18.1 Å². The molecule has 1 N–H and O–H groups in total. The number of para-hydroxylation sites is 1. The van der Waals surface area contributed by atoms with Crippen molar-refractivity contribution in [1.29, 1.82) is 0 Å². The van der Waals surface area contributed by atoms with Crippen LogP contribution in [0.1, 0.15) is 24.8 Å². The Bertz CT molecular complexity index is 753. The number of morpholine rings is 1. The molecule has 7 nitrogen and oxygen atoms in total. The second-order valence-electron chi connectivity index (χ2n) is 8.27. The van der Waals surface area contributed by atoms with Crippen LogP contribution in [0.25, 0.3) is 0 Å². The molecule has 1 atom stereocenters. The summed E-state index contributed by atoms with van der Waals surface area (Å²) in [5.74, 6) is -0.0993. The zero-order valence-electron chi connectivity index (χ0n) is 16.8. The van der Waals surface area contributed by atoms with E-state index < -0.39 is 5.41 Å². The van der Waals surface area contributed by atoms with E-state index >= 15 is 0 Å². The third kappa shape index (κ3) is 4.37. The van der Waals surface area contributed by atoms with Gasteiger partial charge in [-0.05, 0) is 31.4 Å². The molecule has 0 aromatic heterocycles. The Hall–Kier alpha value is -1.83. The lowest BCUT2D eigenvalue weighted by molar-refractivity contribution is -0.151. The normalized spacial score (nSPS) is 24.6. The molecule has 8 heteroatoms. The molecule has 3 aliphatic rings. The van der Waals surface area contributed by atoms with Crippen LogP contribution in [-0.2, 0) is 14.3 Å². The zero-order valence-corrected chi connectivity index (χ0v) is 17.5. The van der Waals surface area contributed by atoms with E-state index in [1.165, 1.54) is 0 Å². The lowest BCUT2D eigenvalue weighted by Gasteiger charge is -2.36. The fraction of sp³-hybridized carbons (Fsp3) is 0.619. The van der Waals surface area contributed by atoms with Gasteiger partial charge in [-0.25, -0.2) is 4.79 Å². The summed E-state index contributed by atoms with van der Waals surface area (Å²) in [4.78, 5) is 29.4. The quantitative estimate of drug-likeness (QED) is 0.760. The fourth-order valence-corrected chi connectivity index (χ4v) is 4.80. The van der Waals surface area contributed by atoms with Gasteiger partial charge in [0.15, 0.2) is 0 Å². The van der Waals surface area contributed by atoms with Crippen LogP contribution in [0.2, 0.25) is 5.02 Å². The number of esters is 1. The minimum atomic E-state index is -0.450. The lowest BCUT2D eigenvalue weighted by atomic mass is 9.76. The third-order valence-electron chi connectivity index (χ3n) is 6.35. The number of halogens is 1. The largest absolute Gasteiger partial charge is 0.461 e. The van der Waals surface area contributed by atoms with Crippen molar-refractivity contribution in [2.75, 3.05) is 51.3 Å². The molecule has 4 rings (SSSR count). The van der Waals surface area contributed by atoms with Crippen molar-refractivity contribution in [2.45, 2.75) is 32.3 Å². The summed E-state index contributed by atoms with van der Waals surface area (Å²) in [6.45, 7) is 7.00. The number of benzene rings is 1. The number of likely N-dealkylation sites (tertiary alicyclic amines) is 1. The van der Waals surface area contributed by atoms with Crippen molar-refractivity contribution in [1.82, 2.24) is 9.80 Å². The number of urea groups is 1. The molecular formula is C21H28ClN3O4. The number of nitrogens with zero attached hydrogens (tertiary/aromatic N) is 2. The summed E-state index contributed by atoms with van der Waals surface area (Å²) < 4.78 is 11.1. The second-order valence-corrected chi connectivity index (χ2v) is 8.68. The van der Waals surface area contributed by atoms with Crippen LogP contribution in [0.4, 0.5) is 10.5 Å². The zero-order chi connectivity index (χ0) is 20.4. The van der Waals surface area contributed by atoms with Crippen LogP contribution in [0.5, 0.6) is 0 Å². The van der Waals surface area contributed by atoms with Gasteiger partial charge in [-0.2, -0.15) is 0 Å². The van der Waals surface area contributed by atoms with E-state index in [2.05, 4.69) is 10.2 Å². The number of piperidine rings is 1. The predicted octanol–water partition coefficient (Wildman–Crippen LogP) is 2.91. The first-order chi connectivity index (χ1) is 14.0. The first-order valence-corrected chi connectivity index (χ1v) is 10.7. The van der Waals surface area contributed by atoms with Crippen LogP contribution in [-0.4, -0.2) is 73.8 Å². The molecule has 3 heterocycles. The molecule has 0 saturated carbocycles. The topological polar surface area (TPSA) is 71.1 Å². The first-order valence-electron chi connectivity index (χ1n) is 10.3. The van der Waals surface area contributed by atoms with E-state index in [4.69, 9.17) is 21.1 Å². The Labute approximate surface area is 176 Å². The van der Waals surface area contributed by atoms with Crippen LogP contribution < -0.4 is 5.32 Å². The monoisotopic (exact) mass is 421 g/mol. The average Bonchev–Trinajstić information content (AvgIpc) is 3.00. The van der Waals surface area contributed by atoms with E-state index in [0.717, 1.165) is 44.8 Å². The van der Waals surface area contributed by atoms with Crippen molar-refractivity contribution in [3.63, 3.8) is 0 Å². The van der Waals surface area contributed by atoms with Crippen LogP contribution in [0.15, 0.2) is 18.2 Å². The smallest absolute Gasteiger partial charge is 0.321 e. The highest BCUT2D eigenvalue weighted by atomic mass is 35.5. The van der Waals surface area contributed by atoms with Crippen molar-refractivity contribution >= 4 is 29.3 Å². The Balaban J connectivity index is 1.32. The summed E-state index contributed by atoms with van der Waals surface area (Å²) >= 11 is 6.22. The molecule has 3 aliphatic heterocycles. The van der Waals surface area contributed by atoms with Gasteiger partial charge in [-0.15, -0.1) is 0 Å². The lowest BCUT2D eigenvalue weighted by Crippen LogP contribution is -2.46. The van der Waals surface area contributed by atoms with Gasteiger partial charge in [0.1, 0.15) is 6.10 Å². The highest BCUT2D eigenvalue weighted by Crippen LogP contribution is 2.43. The molecule has 0 aliphatic carbocycles. The maximum Gasteiger partial charge on any atom is 0.321 e. The molecule has 0 bridgehead atoms. The first kappa shape index (κ1) is 20.4. The Kier molecular flexibility index (Phi) is 5.99. The molecule has 3 fully saturated rings. The molecule has 158 valence electrons. The van der Waals surface area contributed by atoms with Crippen LogP contribution >= 0.6 is 11.6 Å². The highest BCUT2D eigenvalue weighted by molar-refractivity contribution is 6.33. The van der Waals surface area contributed by atoms with Gasteiger partial charge in [0.25, 0.3) is 0 Å². The molecular weight excluding hydrogens is 394 g/mol. The van der Waals surface area contributed by atoms with Crippen molar-refractivity contribution in [3.05, 3.63) is 28.8 Å². The molecule has 2 amide bonds. The maximum absolute atomic E-state index is 12.7. The number of carbonyl (C=O) groups excluding carboxylic acids is 2. The summed E-state index contributed by atoms with van der Waals surface area (Å²) in [6, 6.07) is 5.36. The number of aryl methyl sites for hydroxylation is 1. The molecule has 1 spiro atoms. The van der Waals surface area contributed by atoms with E-state index in [9.17, 15) is 9.59 Å². The average molecular weight is 422 g/mol. The number of nitrogens with one attached hydrogen (secondary N) is 1. The minimum absolute atomic E-state index is 0.0632. The number of carbonyl (C=O) groups is 2. The second kappa shape index (κ2) is 8.50. The van der Waals surface area contributed by atoms with Crippen molar-refractivity contribution in [2.24, 2.45) is 5.41 Å². The molecule has 1 unspecified atom stereocenters. The van der Waals surface area contributed by atoms with Gasteiger partial charge < -0.3 is 19.7 Å². The summed E-state index contributed by atoms with van der Waals surface area (Å²) in [5.41, 5.74) is 1.11. The fourth-order valence-electron chi connectivity index (χ4n) is 4.53. The van der Waals surface area contributed by atoms with Crippen molar-refractivity contribution < 1.29 is 19.1 Å². The summed E-state index contributed by atoms with van der Waals surface area (Å²) in [6.07, 6.45) is 1.95. The number of ether oxygens (including phenoxy) is 2. The molecule has 1 aromatic rings. The van der Waals surface area contributed by atoms with Crippen molar-refractivity contribution in [3.8, 4) is 0 Å². The van der Waals surface area contributed by atoms with Crippen LogP contribution in [0, 0.1) is 12.3 Å². The number of anilines is 1. The summed E-state index contributed by atoms with van der Waals surface area (Å²) in [7, 11) is 0. The number of amides is 2. The maximum atomic E-state index is 12.7. The molecule has 1 aromatic carbocycles. The minimum Gasteiger partial charge on any atom is -0.461 e. The Morgan fingerprint density at radius 2 is 1.97 bits per heavy atom. The SMILES string of the molecule is Cc1cccc(Cl)c1NC(=O)N1CCC2(CC1)CC(CN1CCOCC1)OC2=O. The van der Waals surface area contributed by atoms with Gasteiger partial charge in [0.05, 0.1) is 29.3 Å². The highest BCUT2D eigenvalue weighted by Gasteiger charge is 2.51. The van der Waals surface area contributed by atoms with Gasteiger partial charge in [-0.3, -0.25) is 9.69 Å². The Morgan fingerprint density at radius 1 is 1.24 bits per heavy atom. The van der Waals surface area contributed by atoms with E-state index in [1.807, 2.05) is 19.1 Å². The van der Waals surface area contributed by atoms with Gasteiger partial charge in [0.2, 0.25) is 0 Å². The molecule has 3 saturated heterocycles. The van der Waals surface area contributed by atoms with Gasteiger partial charge in [0, 0.05) is 39.1 Å². The number of rotatable bonds is 3. The summed E-state index contributed by atoms with van der Waals surface area (Å²) in [5, 5.41) is 3.45. The number of hydrogen-bond acceptors (Lipinski definition) is 5. The number of hydrogen-bond donors (Lipinski definition) is 1. The molecule has 0 radical (unpaired) electrons. The van der Waals surface area contributed by atoms with Gasteiger partial charge in [-0.1, -0.05) is 23.7 Å². The number of cyclic esters (lactones) is 1. The van der Waals surface area contributed by atoms with E-state index in [1.54, 1.807) is 11.0 Å². The predicted molar refractivity (Wildman–Crippen MR) is 110 cm³/mol. The van der Waals surface area contributed by atoms with Crippen LogP contribution in [0.3, 0.4) is 0 Å². The Morgan fingerprint density at radius 3 is 2.66 bits per heavy atom. The van der Waals surface area contributed by atoms with Gasteiger partial charge >= 0.3 is 12.0 Å².